The van der Waals surface area contributed by atoms with Gasteiger partial charge in [-0.1, -0.05) is 32.0 Å². The molecular formula is C15H18O4S. The molecule has 20 heavy (non-hydrogen) atoms. The summed E-state index contributed by atoms with van der Waals surface area (Å²) in [5, 5.41) is 10.2. The van der Waals surface area contributed by atoms with Gasteiger partial charge in [-0.05, 0) is 24.5 Å². The Balaban J connectivity index is 2.05. The zero-order chi connectivity index (χ0) is 14.5. The van der Waals surface area contributed by atoms with Crippen molar-refractivity contribution < 1.29 is 18.3 Å². The van der Waals surface area contributed by atoms with Gasteiger partial charge in [0.1, 0.15) is 0 Å². The average Bonchev–Trinajstić information content (AvgIpc) is 3.23. The van der Waals surface area contributed by atoms with Gasteiger partial charge in [-0.25, -0.2) is 8.42 Å². The molecule has 0 amide bonds. The largest absolute Gasteiger partial charge is 0.481 e. The van der Waals surface area contributed by atoms with E-state index in [-0.39, 0.29) is 22.8 Å². The van der Waals surface area contributed by atoms with Crippen molar-refractivity contribution >= 4 is 9.84 Å². The van der Waals surface area contributed by atoms with Gasteiger partial charge in [-0.2, -0.15) is 0 Å². The number of benzene rings is 1. The van der Waals surface area contributed by atoms with E-state index < -0.39 is 15.9 Å². The van der Waals surface area contributed by atoms with E-state index >= 15 is 0 Å². The number of allylic oxidation sites excluding steroid dienone is 1. The summed E-state index contributed by atoms with van der Waals surface area (Å²) in [5.41, 5.74) is 0. The Hall–Kier alpha value is -1.33. The molecule has 1 fully saturated rings. The summed E-state index contributed by atoms with van der Waals surface area (Å²) in [6, 6.07) is 8.39. The van der Waals surface area contributed by atoms with E-state index in [4.69, 9.17) is 4.74 Å². The Morgan fingerprint density at radius 3 is 2.50 bits per heavy atom. The van der Waals surface area contributed by atoms with Gasteiger partial charge in [0, 0.05) is 5.92 Å². The third-order valence-electron chi connectivity index (χ3n) is 4.21. The summed E-state index contributed by atoms with van der Waals surface area (Å²) in [6.45, 7) is 3.78. The number of ether oxygens (including phenoxy) is 1. The van der Waals surface area contributed by atoms with Crippen molar-refractivity contribution in [2.45, 2.75) is 37.4 Å². The minimum Gasteiger partial charge on any atom is -0.481 e. The standard InChI is InChI=1S/C15H18O4S/c1-9-8-12(15-14(19-15)10(2)13(9)16)20(17,18)11-6-4-3-5-7-11/h3-7,9-10,13-14,16H,8H2,1-2H3/t9-,10+,13+,14-/m0/s1. The highest BCUT2D eigenvalue weighted by molar-refractivity contribution is 7.95. The van der Waals surface area contributed by atoms with Crippen LogP contribution in [0.15, 0.2) is 45.9 Å². The fraction of sp³-hybridized carbons (Fsp3) is 0.467. The van der Waals surface area contributed by atoms with Gasteiger partial charge in [-0.3, -0.25) is 0 Å². The van der Waals surface area contributed by atoms with Crippen molar-refractivity contribution in [2.75, 3.05) is 0 Å². The van der Waals surface area contributed by atoms with Crippen molar-refractivity contribution in [3.63, 3.8) is 0 Å². The smallest absolute Gasteiger partial charge is 0.206 e. The molecule has 1 N–H and O–H groups in total. The Labute approximate surface area is 119 Å². The Kier molecular flexibility index (Phi) is 3.14. The molecule has 0 saturated carbocycles. The van der Waals surface area contributed by atoms with Gasteiger partial charge < -0.3 is 9.84 Å². The van der Waals surface area contributed by atoms with E-state index in [0.29, 0.717) is 17.1 Å². The molecule has 4 atom stereocenters. The second kappa shape index (κ2) is 4.60. The van der Waals surface area contributed by atoms with Crippen LogP contribution in [0.1, 0.15) is 20.3 Å². The summed E-state index contributed by atoms with van der Waals surface area (Å²) in [7, 11) is -3.53. The van der Waals surface area contributed by atoms with E-state index in [0.717, 1.165) is 0 Å². The van der Waals surface area contributed by atoms with Crippen LogP contribution < -0.4 is 0 Å². The van der Waals surface area contributed by atoms with E-state index in [1.807, 2.05) is 13.8 Å². The second-order valence-corrected chi connectivity index (χ2v) is 7.64. The summed E-state index contributed by atoms with van der Waals surface area (Å²) in [6.07, 6.45) is -0.460. The van der Waals surface area contributed by atoms with Crippen molar-refractivity contribution in [3.05, 3.63) is 41.0 Å². The lowest BCUT2D eigenvalue weighted by Gasteiger charge is -2.22. The molecule has 0 spiro atoms. The molecule has 1 aliphatic heterocycles. The van der Waals surface area contributed by atoms with Gasteiger partial charge >= 0.3 is 0 Å². The number of aliphatic hydroxyl groups excluding tert-OH is 1. The maximum Gasteiger partial charge on any atom is 0.206 e. The number of rotatable bonds is 2. The van der Waals surface area contributed by atoms with Gasteiger partial charge in [0.15, 0.2) is 11.9 Å². The first-order valence-corrected chi connectivity index (χ1v) is 8.29. The average molecular weight is 294 g/mol. The normalized spacial score (nSPS) is 33.1. The molecule has 1 aliphatic carbocycles. The van der Waals surface area contributed by atoms with Gasteiger partial charge in [0.25, 0.3) is 0 Å². The van der Waals surface area contributed by atoms with Crippen molar-refractivity contribution in [3.8, 4) is 0 Å². The fourth-order valence-corrected chi connectivity index (χ4v) is 4.58. The number of hydrogen-bond acceptors (Lipinski definition) is 4. The second-order valence-electron chi connectivity index (χ2n) is 5.67. The topological polar surface area (TPSA) is 66.9 Å². The lowest BCUT2D eigenvalue weighted by Crippen LogP contribution is -2.28. The number of sulfone groups is 1. The molecule has 1 saturated heterocycles. The van der Waals surface area contributed by atoms with Crippen molar-refractivity contribution in [1.29, 1.82) is 0 Å². The Morgan fingerprint density at radius 2 is 1.85 bits per heavy atom. The third-order valence-corrected chi connectivity index (χ3v) is 6.12. The highest BCUT2D eigenvalue weighted by atomic mass is 32.2. The highest BCUT2D eigenvalue weighted by Gasteiger charge is 2.50. The van der Waals surface area contributed by atoms with Crippen LogP contribution in [0.2, 0.25) is 0 Å². The van der Waals surface area contributed by atoms with Crippen LogP contribution in [0.4, 0.5) is 0 Å². The van der Waals surface area contributed by atoms with Crippen LogP contribution in [0, 0.1) is 11.8 Å². The van der Waals surface area contributed by atoms with E-state index in [9.17, 15) is 13.5 Å². The number of hydrogen-bond donors (Lipinski definition) is 1. The summed E-state index contributed by atoms with van der Waals surface area (Å²) >= 11 is 0. The summed E-state index contributed by atoms with van der Waals surface area (Å²) < 4.78 is 30.9. The van der Waals surface area contributed by atoms with Crippen LogP contribution in [-0.4, -0.2) is 25.7 Å². The zero-order valence-electron chi connectivity index (χ0n) is 11.5. The van der Waals surface area contributed by atoms with Crippen LogP contribution in [0.3, 0.4) is 0 Å². The van der Waals surface area contributed by atoms with Crippen LogP contribution in [-0.2, 0) is 14.6 Å². The molecular weight excluding hydrogens is 276 g/mol. The fourth-order valence-electron chi connectivity index (χ4n) is 2.87. The predicted molar refractivity (Wildman–Crippen MR) is 74.5 cm³/mol. The molecule has 1 aromatic rings. The van der Waals surface area contributed by atoms with Crippen molar-refractivity contribution in [1.82, 2.24) is 0 Å². The molecule has 3 rings (SSSR count). The molecule has 4 nitrogen and oxygen atoms in total. The highest BCUT2D eigenvalue weighted by Crippen LogP contribution is 2.47. The molecule has 0 aromatic heterocycles. The molecule has 108 valence electrons. The summed E-state index contributed by atoms with van der Waals surface area (Å²) in [4.78, 5) is 0.623. The van der Waals surface area contributed by atoms with Gasteiger partial charge in [0.2, 0.25) is 9.84 Å². The lowest BCUT2D eigenvalue weighted by atomic mass is 9.91. The zero-order valence-corrected chi connectivity index (χ0v) is 12.3. The maximum atomic E-state index is 12.7. The minimum atomic E-state index is -3.53. The third kappa shape index (κ3) is 2.05. The number of epoxide rings is 1. The van der Waals surface area contributed by atoms with Gasteiger partial charge in [-0.15, -0.1) is 0 Å². The predicted octanol–water partition coefficient (Wildman–Crippen LogP) is 2.11. The van der Waals surface area contributed by atoms with E-state index in [1.165, 1.54) is 0 Å². The van der Waals surface area contributed by atoms with Crippen molar-refractivity contribution in [2.24, 2.45) is 11.8 Å². The monoisotopic (exact) mass is 294 g/mol. The van der Waals surface area contributed by atoms with Crippen LogP contribution in [0.25, 0.3) is 0 Å². The molecule has 2 aliphatic rings. The SMILES string of the molecule is C[C@@H]1[C@H](O)[C@@H](C)CC(S(=O)(=O)c2ccccc2)=C2O[C@H]21. The first kappa shape index (κ1) is 13.6. The van der Waals surface area contributed by atoms with E-state index in [2.05, 4.69) is 0 Å². The minimum absolute atomic E-state index is 0.0662. The molecule has 1 aromatic carbocycles. The maximum absolute atomic E-state index is 12.7. The van der Waals surface area contributed by atoms with E-state index in [1.54, 1.807) is 30.3 Å². The van der Waals surface area contributed by atoms with Crippen LogP contribution >= 0.6 is 0 Å². The first-order valence-electron chi connectivity index (χ1n) is 6.81. The Morgan fingerprint density at radius 1 is 1.20 bits per heavy atom. The molecule has 0 radical (unpaired) electrons. The first-order chi connectivity index (χ1) is 9.43. The van der Waals surface area contributed by atoms with Gasteiger partial charge in [0.05, 0.1) is 15.9 Å². The molecule has 5 heteroatoms. The quantitative estimate of drug-likeness (QED) is 0.848. The number of fused-ring (bicyclic) bond motifs is 1. The molecule has 0 unspecified atom stereocenters. The number of aliphatic hydroxyl groups is 1. The summed E-state index contributed by atoms with van der Waals surface area (Å²) in [5.74, 6) is 0.385. The molecule has 0 bridgehead atoms. The van der Waals surface area contributed by atoms with Crippen LogP contribution in [0.5, 0.6) is 0 Å². The molecule has 1 heterocycles. The lowest BCUT2D eigenvalue weighted by molar-refractivity contribution is 0.0526. The Bertz CT molecular complexity index is 648.